The molecule has 0 aliphatic carbocycles. The highest BCUT2D eigenvalue weighted by atomic mass is 127. The third kappa shape index (κ3) is 3.31. The summed E-state index contributed by atoms with van der Waals surface area (Å²) in [6, 6.07) is 13.2. The Morgan fingerprint density at radius 2 is 1.88 bits per heavy atom. The van der Waals surface area contributed by atoms with Crippen LogP contribution in [0, 0.1) is 3.57 Å². The van der Waals surface area contributed by atoms with Crippen molar-refractivity contribution in [3.05, 3.63) is 57.3 Å². The van der Waals surface area contributed by atoms with Gasteiger partial charge < -0.3 is 14.6 Å². The van der Waals surface area contributed by atoms with Crippen molar-refractivity contribution in [3.63, 3.8) is 0 Å². The molecular formula is C19H16INO3. The van der Waals surface area contributed by atoms with Gasteiger partial charge in [-0.3, -0.25) is 0 Å². The summed E-state index contributed by atoms with van der Waals surface area (Å²) in [5.41, 5.74) is 2.35. The van der Waals surface area contributed by atoms with Crippen LogP contribution >= 0.6 is 22.6 Å². The van der Waals surface area contributed by atoms with Gasteiger partial charge in [0, 0.05) is 5.39 Å². The summed E-state index contributed by atoms with van der Waals surface area (Å²) in [7, 11) is 3.25. The Balaban J connectivity index is 1.96. The summed E-state index contributed by atoms with van der Waals surface area (Å²) in [4.78, 5) is 4.49. The third-order valence-corrected chi connectivity index (χ3v) is 4.42. The number of para-hydroxylation sites is 1. The van der Waals surface area contributed by atoms with Crippen LogP contribution in [-0.2, 0) is 0 Å². The van der Waals surface area contributed by atoms with E-state index in [9.17, 15) is 5.11 Å². The number of fused-ring (bicyclic) bond motifs is 1. The van der Waals surface area contributed by atoms with E-state index in [1.54, 1.807) is 26.4 Å². The number of hydrogen-bond donors (Lipinski definition) is 1. The molecule has 3 rings (SSSR count). The van der Waals surface area contributed by atoms with E-state index in [4.69, 9.17) is 9.47 Å². The maximum absolute atomic E-state index is 9.93. The highest BCUT2D eigenvalue weighted by Gasteiger charge is 2.09. The minimum atomic E-state index is 0.184. The number of benzene rings is 2. The van der Waals surface area contributed by atoms with Crippen molar-refractivity contribution in [3.8, 4) is 17.2 Å². The van der Waals surface area contributed by atoms with Crippen LogP contribution in [0.1, 0.15) is 11.3 Å². The van der Waals surface area contributed by atoms with Gasteiger partial charge in [0.2, 0.25) is 0 Å². The smallest absolute Gasteiger partial charge is 0.174 e. The number of aromatic hydroxyl groups is 1. The predicted molar refractivity (Wildman–Crippen MR) is 105 cm³/mol. The average molecular weight is 433 g/mol. The first-order chi connectivity index (χ1) is 11.6. The SMILES string of the molecule is COc1cc(/C=C/c2ccc3cccc(O)c3n2)cc(I)c1OC. The summed E-state index contributed by atoms with van der Waals surface area (Å²) >= 11 is 2.22. The van der Waals surface area contributed by atoms with Crippen molar-refractivity contribution in [1.82, 2.24) is 4.98 Å². The fraction of sp³-hybridized carbons (Fsp3) is 0.105. The Labute approximate surface area is 153 Å². The zero-order valence-corrected chi connectivity index (χ0v) is 15.4. The number of halogens is 1. The van der Waals surface area contributed by atoms with Gasteiger partial charge in [-0.25, -0.2) is 4.98 Å². The van der Waals surface area contributed by atoms with E-state index in [1.165, 1.54) is 0 Å². The quantitative estimate of drug-likeness (QED) is 0.605. The summed E-state index contributed by atoms with van der Waals surface area (Å²) in [5.74, 6) is 1.60. The molecule has 3 aromatic rings. The minimum absolute atomic E-state index is 0.184. The number of phenolic OH excluding ortho intramolecular Hbond substituents is 1. The van der Waals surface area contributed by atoms with E-state index in [0.717, 1.165) is 26.0 Å². The molecule has 0 spiro atoms. The van der Waals surface area contributed by atoms with Crippen LogP contribution < -0.4 is 9.47 Å². The molecule has 1 aromatic heterocycles. The first-order valence-electron chi connectivity index (χ1n) is 7.30. The molecule has 0 unspecified atom stereocenters. The molecule has 5 heteroatoms. The Hall–Kier alpha value is -2.28. The Bertz CT molecular complexity index is 922. The lowest BCUT2D eigenvalue weighted by Gasteiger charge is -2.10. The van der Waals surface area contributed by atoms with Gasteiger partial charge in [-0.15, -0.1) is 0 Å². The van der Waals surface area contributed by atoms with Gasteiger partial charge in [-0.1, -0.05) is 24.3 Å². The van der Waals surface area contributed by atoms with Crippen LogP contribution in [0.5, 0.6) is 17.2 Å². The second-order valence-corrected chi connectivity index (χ2v) is 6.32. The summed E-state index contributed by atoms with van der Waals surface area (Å²) in [6.07, 6.45) is 3.86. The van der Waals surface area contributed by atoms with Crippen LogP contribution in [0.3, 0.4) is 0 Å². The molecule has 0 bridgehead atoms. The number of phenols is 1. The molecule has 0 saturated carbocycles. The molecule has 0 aliphatic heterocycles. The largest absolute Gasteiger partial charge is 0.506 e. The van der Waals surface area contributed by atoms with Crippen molar-refractivity contribution in [1.29, 1.82) is 0 Å². The van der Waals surface area contributed by atoms with Gasteiger partial charge in [-0.05, 0) is 58.5 Å². The summed E-state index contributed by atoms with van der Waals surface area (Å²) in [5, 5.41) is 10.8. The highest BCUT2D eigenvalue weighted by Crippen LogP contribution is 2.34. The van der Waals surface area contributed by atoms with E-state index in [0.29, 0.717) is 11.3 Å². The van der Waals surface area contributed by atoms with Crippen LogP contribution in [0.2, 0.25) is 0 Å². The lowest BCUT2D eigenvalue weighted by Crippen LogP contribution is -1.93. The van der Waals surface area contributed by atoms with Crippen molar-refractivity contribution in [2.75, 3.05) is 14.2 Å². The Morgan fingerprint density at radius 3 is 2.62 bits per heavy atom. The maximum atomic E-state index is 9.93. The minimum Gasteiger partial charge on any atom is -0.506 e. The molecule has 1 heterocycles. The molecule has 4 nitrogen and oxygen atoms in total. The van der Waals surface area contributed by atoms with Crippen LogP contribution in [0.15, 0.2) is 42.5 Å². The molecule has 122 valence electrons. The number of rotatable bonds is 4. The molecule has 0 fully saturated rings. The second kappa shape index (κ2) is 7.09. The molecule has 1 N–H and O–H groups in total. The normalized spacial score (nSPS) is 11.1. The van der Waals surface area contributed by atoms with E-state index in [1.807, 2.05) is 42.5 Å². The van der Waals surface area contributed by atoms with Crippen molar-refractivity contribution >= 4 is 45.6 Å². The first-order valence-corrected chi connectivity index (χ1v) is 8.38. The number of nitrogens with zero attached hydrogens (tertiary/aromatic N) is 1. The highest BCUT2D eigenvalue weighted by molar-refractivity contribution is 14.1. The zero-order valence-electron chi connectivity index (χ0n) is 13.3. The van der Waals surface area contributed by atoms with Crippen LogP contribution in [-0.4, -0.2) is 24.3 Å². The van der Waals surface area contributed by atoms with Crippen LogP contribution in [0.25, 0.3) is 23.1 Å². The monoisotopic (exact) mass is 433 g/mol. The number of hydrogen-bond acceptors (Lipinski definition) is 4. The number of aromatic nitrogens is 1. The Morgan fingerprint density at radius 1 is 1.04 bits per heavy atom. The molecule has 0 saturated heterocycles. The zero-order chi connectivity index (χ0) is 17.1. The fourth-order valence-electron chi connectivity index (χ4n) is 2.46. The number of ether oxygens (including phenoxy) is 2. The van der Waals surface area contributed by atoms with Gasteiger partial charge in [0.15, 0.2) is 11.5 Å². The third-order valence-electron chi connectivity index (χ3n) is 3.62. The molecule has 0 aliphatic rings. The molecular weight excluding hydrogens is 417 g/mol. The lowest BCUT2D eigenvalue weighted by molar-refractivity contribution is 0.353. The van der Waals surface area contributed by atoms with Crippen LogP contribution in [0.4, 0.5) is 0 Å². The van der Waals surface area contributed by atoms with Gasteiger partial charge in [-0.2, -0.15) is 0 Å². The second-order valence-electron chi connectivity index (χ2n) is 5.16. The van der Waals surface area contributed by atoms with Crippen molar-refractivity contribution < 1.29 is 14.6 Å². The maximum Gasteiger partial charge on any atom is 0.174 e. The molecule has 0 atom stereocenters. The fourth-order valence-corrected chi connectivity index (χ4v) is 3.30. The van der Waals surface area contributed by atoms with E-state index in [2.05, 4.69) is 27.6 Å². The summed E-state index contributed by atoms with van der Waals surface area (Å²) < 4.78 is 11.7. The summed E-state index contributed by atoms with van der Waals surface area (Å²) in [6.45, 7) is 0. The lowest BCUT2D eigenvalue weighted by atomic mass is 10.1. The van der Waals surface area contributed by atoms with Gasteiger partial charge in [0.25, 0.3) is 0 Å². The van der Waals surface area contributed by atoms with Gasteiger partial charge in [0.1, 0.15) is 11.3 Å². The van der Waals surface area contributed by atoms with E-state index >= 15 is 0 Å². The number of pyridine rings is 1. The van der Waals surface area contributed by atoms with Gasteiger partial charge >= 0.3 is 0 Å². The molecule has 0 amide bonds. The number of methoxy groups -OCH3 is 2. The van der Waals surface area contributed by atoms with E-state index < -0.39 is 0 Å². The predicted octanol–water partition coefficient (Wildman–Crippen LogP) is 4.73. The van der Waals surface area contributed by atoms with Crippen molar-refractivity contribution in [2.45, 2.75) is 0 Å². The van der Waals surface area contributed by atoms with Crippen molar-refractivity contribution in [2.24, 2.45) is 0 Å². The first kappa shape index (κ1) is 16.6. The van der Waals surface area contributed by atoms with Gasteiger partial charge in [0.05, 0.1) is 23.5 Å². The average Bonchev–Trinajstić information content (AvgIpc) is 2.60. The van der Waals surface area contributed by atoms with E-state index in [-0.39, 0.29) is 5.75 Å². The molecule has 24 heavy (non-hydrogen) atoms. The topological polar surface area (TPSA) is 51.6 Å². The molecule has 0 radical (unpaired) electrons. The Kier molecular flexibility index (Phi) is 4.89. The standard InChI is InChI=1S/C19H16INO3/c1-23-17-11-12(10-15(20)19(17)24-2)6-8-14-9-7-13-4-3-5-16(22)18(13)21-14/h3-11,22H,1-2H3/b8-6+. The molecule has 2 aromatic carbocycles.